The number of benzene rings is 1. The maximum Gasteiger partial charge on any atom is 0.205 e. The van der Waals surface area contributed by atoms with Crippen molar-refractivity contribution in [1.29, 1.82) is 0 Å². The van der Waals surface area contributed by atoms with E-state index < -0.39 is 0 Å². The highest BCUT2D eigenvalue weighted by molar-refractivity contribution is 6.16. The molecule has 0 aliphatic carbocycles. The third-order valence-corrected chi connectivity index (χ3v) is 5.26. The van der Waals surface area contributed by atoms with Crippen molar-refractivity contribution in [3.8, 4) is 0 Å². The minimum absolute atomic E-state index is 0.264. The molecular formula is C18H27N5O. The van der Waals surface area contributed by atoms with Gasteiger partial charge in [-0.05, 0) is 18.6 Å². The first-order chi connectivity index (χ1) is 11.9. The Labute approximate surface area is 144 Å². The fourth-order valence-corrected chi connectivity index (χ4v) is 3.92. The summed E-state index contributed by atoms with van der Waals surface area (Å²) >= 11 is 0. The molecule has 6 nitrogen and oxygen atoms in total. The van der Waals surface area contributed by atoms with E-state index in [4.69, 9.17) is 10.1 Å². The lowest BCUT2D eigenvalue weighted by atomic mass is 10.2. The first-order valence-corrected chi connectivity index (χ1v) is 9.11. The number of hydrogen-bond acceptors (Lipinski definition) is 6. The number of aliphatic hydroxyl groups is 1. The average molecular weight is 329 g/mol. The molecule has 0 amide bonds. The van der Waals surface area contributed by atoms with Crippen molar-refractivity contribution in [2.75, 3.05) is 75.3 Å². The highest BCUT2D eigenvalue weighted by Crippen LogP contribution is 2.37. The number of hydrogen-bond donors (Lipinski definition) is 1. The van der Waals surface area contributed by atoms with Gasteiger partial charge in [-0.25, -0.2) is 0 Å². The van der Waals surface area contributed by atoms with Gasteiger partial charge in [-0.15, -0.1) is 0 Å². The summed E-state index contributed by atoms with van der Waals surface area (Å²) in [6.45, 7) is 9.44. The molecular weight excluding hydrogens is 302 g/mol. The van der Waals surface area contributed by atoms with Crippen molar-refractivity contribution in [3.05, 3.63) is 24.3 Å². The topological polar surface area (TPSA) is 45.6 Å². The smallest absolute Gasteiger partial charge is 0.205 e. The molecule has 3 aliphatic rings. The molecule has 0 unspecified atom stereocenters. The predicted molar refractivity (Wildman–Crippen MR) is 98.0 cm³/mol. The number of piperazine rings is 1. The van der Waals surface area contributed by atoms with Gasteiger partial charge in [0.2, 0.25) is 5.96 Å². The van der Waals surface area contributed by atoms with Crippen LogP contribution in [0.2, 0.25) is 0 Å². The van der Waals surface area contributed by atoms with E-state index in [1.165, 1.54) is 11.4 Å². The average Bonchev–Trinajstić information content (AvgIpc) is 2.96. The van der Waals surface area contributed by atoms with Gasteiger partial charge < -0.3 is 14.9 Å². The molecule has 4 rings (SSSR count). The van der Waals surface area contributed by atoms with E-state index in [9.17, 15) is 0 Å². The van der Waals surface area contributed by atoms with E-state index >= 15 is 0 Å². The Bertz CT molecular complexity index is 597. The van der Waals surface area contributed by atoms with E-state index in [1.807, 2.05) is 0 Å². The molecule has 1 saturated heterocycles. The molecule has 0 atom stereocenters. The van der Waals surface area contributed by atoms with E-state index in [2.05, 4.69) is 43.9 Å². The quantitative estimate of drug-likeness (QED) is 0.861. The van der Waals surface area contributed by atoms with Crippen LogP contribution < -0.4 is 9.80 Å². The lowest BCUT2D eigenvalue weighted by molar-refractivity contribution is 0.115. The Hall–Kier alpha value is -1.63. The largest absolute Gasteiger partial charge is 0.395 e. The summed E-state index contributed by atoms with van der Waals surface area (Å²) in [5.41, 5.74) is 2.61. The van der Waals surface area contributed by atoms with Crippen LogP contribution in [0.1, 0.15) is 6.42 Å². The highest BCUT2D eigenvalue weighted by Gasteiger charge is 2.33. The van der Waals surface area contributed by atoms with Crippen molar-refractivity contribution in [1.82, 2.24) is 9.80 Å². The van der Waals surface area contributed by atoms with Crippen LogP contribution in [0.4, 0.5) is 11.4 Å². The summed E-state index contributed by atoms with van der Waals surface area (Å²) < 4.78 is 0. The second-order valence-electron chi connectivity index (χ2n) is 6.73. The van der Waals surface area contributed by atoms with Gasteiger partial charge in [0, 0.05) is 58.9 Å². The monoisotopic (exact) mass is 329 g/mol. The van der Waals surface area contributed by atoms with Gasteiger partial charge in [-0.2, -0.15) is 0 Å². The van der Waals surface area contributed by atoms with Crippen LogP contribution in [0.3, 0.4) is 0 Å². The Morgan fingerprint density at radius 1 is 0.875 bits per heavy atom. The van der Waals surface area contributed by atoms with Crippen molar-refractivity contribution in [2.45, 2.75) is 6.42 Å². The summed E-state index contributed by atoms with van der Waals surface area (Å²) in [5.74, 6) is 1.14. The summed E-state index contributed by atoms with van der Waals surface area (Å²) in [6.07, 6.45) is 1.14. The number of para-hydroxylation sites is 2. The Kier molecular flexibility index (Phi) is 4.69. The normalized spacial score (nSPS) is 21.6. The minimum atomic E-state index is 0.264. The molecule has 0 bridgehead atoms. The molecule has 6 heteroatoms. The third kappa shape index (κ3) is 3.01. The van der Waals surface area contributed by atoms with E-state index in [-0.39, 0.29) is 6.61 Å². The second-order valence-corrected chi connectivity index (χ2v) is 6.73. The maximum atomic E-state index is 9.05. The van der Waals surface area contributed by atoms with E-state index in [0.29, 0.717) is 0 Å². The summed E-state index contributed by atoms with van der Waals surface area (Å²) in [6, 6.07) is 8.67. The molecule has 0 radical (unpaired) electrons. The number of guanidine groups is 1. The molecule has 3 heterocycles. The first kappa shape index (κ1) is 15.9. The van der Waals surface area contributed by atoms with E-state index in [1.54, 1.807) is 0 Å². The van der Waals surface area contributed by atoms with Gasteiger partial charge in [0.15, 0.2) is 0 Å². The van der Waals surface area contributed by atoms with Crippen LogP contribution in [-0.4, -0.2) is 86.4 Å². The van der Waals surface area contributed by atoms with Crippen LogP contribution in [0.15, 0.2) is 29.3 Å². The molecule has 0 saturated carbocycles. The Morgan fingerprint density at radius 3 is 2.33 bits per heavy atom. The van der Waals surface area contributed by atoms with Gasteiger partial charge in [-0.3, -0.25) is 14.8 Å². The standard InChI is InChI=1S/C18H27N5O/c24-15-14-21-10-8-20(9-11-21)12-13-23-17-5-2-1-4-16(17)22-7-3-6-19-18(22)23/h1-2,4-5,24H,3,6-15H2. The highest BCUT2D eigenvalue weighted by atomic mass is 16.3. The van der Waals surface area contributed by atoms with Gasteiger partial charge in [0.1, 0.15) is 0 Å². The van der Waals surface area contributed by atoms with Crippen LogP contribution >= 0.6 is 0 Å². The van der Waals surface area contributed by atoms with Gasteiger partial charge in [-0.1, -0.05) is 12.1 Å². The number of rotatable bonds is 5. The van der Waals surface area contributed by atoms with Gasteiger partial charge >= 0.3 is 0 Å². The van der Waals surface area contributed by atoms with Crippen LogP contribution in [0.5, 0.6) is 0 Å². The van der Waals surface area contributed by atoms with Crippen LogP contribution in [0.25, 0.3) is 0 Å². The van der Waals surface area contributed by atoms with Crippen molar-refractivity contribution >= 4 is 17.3 Å². The molecule has 0 aromatic heterocycles. The molecule has 130 valence electrons. The molecule has 1 aromatic rings. The SMILES string of the molecule is OCCN1CCN(CCN2C3=NCCCN3c3ccccc32)CC1. The molecule has 24 heavy (non-hydrogen) atoms. The maximum absolute atomic E-state index is 9.05. The number of nitrogens with zero attached hydrogens (tertiary/aromatic N) is 5. The zero-order chi connectivity index (χ0) is 16.4. The van der Waals surface area contributed by atoms with Gasteiger partial charge in [0.05, 0.1) is 18.0 Å². The first-order valence-electron chi connectivity index (χ1n) is 9.11. The van der Waals surface area contributed by atoms with Crippen molar-refractivity contribution in [3.63, 3.8) is 0 Å². The fourth-order valence-electron chi connectivity index (χ4n) is 3.92. The number of aliphatic imine (C=N–C) groups is 1. The van der Waals surface area contributed by atoms with Crippen molar-refractivity contribution in [2.24, 2.45) is 4.99 Å². The third-order valence-electron chi connectivity index (χ3n) is 5.26. The molecule has 3 aliphatic heterocycles. The Morgan fingerprint density at radius 2 is 1.58 bits per heavy atom. The number of aliphatic hydroxyl groups excluding tert-OH is 1. The number of fused-ring (bicyclic) bond motifs is 3. The lowest BCUT2D eigenvalue weighted by Crippen LogP contribution is -2.50. The molecule has 1 fully saturated rings. The van der Waals surface area contributed by atoms with Gasteiger partial charge in [0.25, 0.3) is 0 Å². The minimum Gasteiger partial charge on any atom is -0.395 e. The number of anilines is 2. The fraction of sp³-hybridized carbons (Fsp3) is 0.611. The zero-order valence-electron chi connectivity index (χ0n) is 14.3. The van der Waals surface area contributed by atoms with Crippen molar-refractivity contribution < 1.29 is 5.11 Å². The lowest BCUT2D eigenvalue weighted by Gasteiger charge is -2.35. The van der Waals surface area contributed by atoms with Crippen LogP contribution in [-0.2, 0) is 0 Å². The van der Waals surface area contributed by atoms with E-state index in [0.717, 1.165) is 71.3 Å². The zero-order valence-corrected chi connectivity index (χ0v) is 14.3. The molecule has 1 aromatic carbocycles. The summed E-state index contributed by atoms with van der Waals surface area (Å²) in [7, 11) is 0. The Balaban J connectivity index is 1.40. The summed E-state index contributed by atoms with van der Waals surface area (Å²) in [4.78, 5) is 14.4. The predicted octanol–water partition coefficient (Wildman–Crippen LogP) is 0.683. The number of β-amino-alcohol motifs (C(OH)–C–C–N with tert-alkyl or cyclic N) is 1. The van der Waals surface area contributed by atoms with Crippen LogP contribution in [0, 0.1) is 0 Å². The molecule has 0 spiro atoms. The molecule has 1 N–H and O–H groups in total. The second kappa shape index (κ2) is 7.09. The summed E-state index contributed by atoms with van der Waals surface area (Å²) in [5, 5.41) is 9.05.